The Labute approximate surface area is 58.0 Å². The zero-order chi connectivity index (χ0) is 5.28. The Morgan fingerprint density at radius 3 is 1.86 bits per heavy atom. The van der Waals surface area contributed by atoms with E-state index in [0.717, 1.165) is 0 Å². The molecule has 0 aromatic rings. The second-order valence-corrected chi connectivity index (χ2v) is 13.9. The van der Waals surface area contributed by atoms with E-state index in [-0.39, 0.29) is 0 Å². The van der Waals surface area contributed by atoms with E-state index < -0.39 is 18.6 Å². The van der Waals surface area contributed by atoms with Crippen LogP contribution in [0.5, 0.6) is 0 Å². The van der Waals surface area contributed by atoms with Crippen LogP contribution in [-0.4, -0.2) is 3.26 Å². The second kappa shape index (κ2) is 2.75. The molecule has 0 aromatic carbocycles. The van der Waals surface area contributed by atoms with E-state index in [4.69, 9.17) is 17.2 Å². The van der Waals surface area contributed by atoms with Crippen molar-refractivity contribution >= 4 is 20.4 Å². The van der Waals surface area contributed by atoms with Gasteiger partial charge in [0, 0.05) is 0 Å². The van der Waals surface area contributed by atoms with E-state index in [9.17, 15) is 0 Å². The molecule has 0 aromatic heterocycles. The first kappa shape index (κ1) is 6.44. The first-order chi connectivity index (χ1) is 3.30. The molecule has 3 heteroatoms. The molecule has 1 aliphatic carbocycles. The third-order valence-corrected chi connectivity index (χ3v) is 9.32. The quantitative estimate of drug-likeness (QED) is 0.602. The maximum atomic E-state index is 5.72. The van der Waals surface area contributed by atoms with Gasteiger partial charge in [-0.3, -0.25) is 0 Å². The molecule has 1 rings (SSSR count). The summed E-state index contributed by atoms with van der Waals surface area (Å²) in [6.07, 6.45) is 3.83. The molecule has 0 saturated heterocycles. The topological polar surface area (TPSA) is 0 Å². The van der Waals surface area contributed by atoms with Gasteiger partial charge in [0.2, 0.25) is 0 Å². The monoisotopic (exact) mass is 304 g/mol. The van der Waals surface area contributed by atoms with Crippen LogP contribution < -0.4 is 0 Å². The summed E-state index contributed by atoms with van der Waals surface area (Å²) in [6.45, 7) is 0. The molecule has 0 unspecified atom stereocenters. The van der Waals surface area contributed by atoms with Crippen LogP contribution in [0.2, 0.25) is 0 Å². The molecule has 0 amide bonds. The summed E-state index contributed by atoms with van der Waals surface area (Å²) in [4.78, 5) is 0. The standard InChI is InChI=1S/C4H6.2ClH.Hf/c1-2-4-3-1;;;/h1-3H2;2*1H;/q;;;+2/p-2. The number of halogens is 2. The van der Waals surface area contributed by atoms with E-state index in [1.54, 1.807) is 0 Å². The van der Waals surface area contributed by atoms with Crippen molar-refractivity contribution in [1.82, 2.24) is 0 Å². The molecule has 1 saturated carbocycles. The minimum atomic E-state index is -1.92. The van der Waals surface area contributed by atoms with Crippen molar-refractivity contribution in [3.8, 4) is 0 Å². The van der Waals surface area contributed by atoms with Crippen LogP contribution in [-0.2, 0) is 18.6 Å². The predicted molar refractivity (Wildman–Crippen MR) is 30.6 cm³/mol. The molecule has 0 radical (unpaired) electrons. The van der Waals surface area contributed by atoms with Gasteiger partial charge in [0.15, 0.2) is 0 Å². The SMILES string of the molecule is [Cl][Hf]([Cl])=[C]1CCC1. The van der Waals surface area contributed by atoms with Crippen molar-refractivity contribution in [2.75, 3.05) is 0 Å². The Morgan fingerprint density at radius 2 is 1.86 bits per heavy atom. The van der Waals surface area contributed by atoms with Crippen LogP contribution in [0.15, 0.2) is 0 Å². The zero-order valence-electron chi connectivity index (χ0n) is 3.88. The van der Waals surface area contributed by atoms with Crippen LogP contribution in [0.25, 0.3) is 0 Å². The van der Waals surface area contributed by atoms with Gasteiger partial charge >= 0.3 is 58.3 Å². The average molecular weight is 303 g/mol. The third kappa shape index (κ3) is 1.62. The van der Waals surface area contributed by atoms with E-state index >= 15 is 0 Å². The maximum absolute atomic E-state index is 5.72. The molecule has 0 N–H and O–H groups in total. The van der Waals surface area contributed by atoms with Crippen LogP contribution in [0.1, 0.15) is 19.3 Å². The summed E-state index contributed by atoms with van der Waals surface area (Å²) in [6, 6.07) is 0. The van der Waals surface area contributed by atoms with Crippen molar-refractivity contribution in [3.05, 3.63) is 0 Å². The fourth-order valence-electron chi connectivity index (χ4n) is 0.543. The van der Waals surface area contributed by atoms with E-state index in [0.29, 0.717) is 0 Å². The summed E-state index contributed by atoms with van der Waals surface area (Å²) >= 11 is -1.92. The molecule has 0 heterocycles. The van der Waals surface area contributed by atoms with Gasteiger partial charge in [-0.15, -0.1) is 0 Å². The Hall–Kier alpha value is 1.32. The Kier molecular flexibility index (Phi) is 2.53. The van der Waals surface area contributed by atoms with Gasteiger partial charge in [0.1, 0.15) is 0 Å². The van der Waals surface area contributed by atoms with Crippen LogP contribution in [0.3, 0.4) is 0 Å². The summed E-state index contributed by atoms with van der Waals surface area (Å²) in [7, 11) is 11.4. The van der Waals surface area contributed by atoms with Crippen LogP contribution >= 0.6 is 17.2 Å². The number of hydrogen-bond acceptors (Lipinski definition) is 0. The number of hydrogen-bond donors (Lipinski definition) is 0. The third-order valence-electron chi connectivity index (χ3n) is 1.22. The Morgan fingerprint density at radius 1 is 1.29 bits per heavy atom. The molecular weight excluding hydrogens is 297 g/mol. The molecule has 0 bridgehead atoms. The van der Waals surface area contributed by atoms with E-state index in [1.807, 2.05) is 0 Å². The molecule has 40 valence electrons. The van der Waals surface area contributed by atoms with Gasteiger partial charge in [-0.05, 0) is 0 Å². The minimum absolute atomic E-state index is 1.25. The van der Waals surface area contributed by atoms with Crippen LogP contribution in [0.4, 0.5) is 0 Å². The van der Waals surface area contributed by atoms with Crippen molar-refractivity contribution in [2.45, 2.75) is 19.3 Å². The molecule has 0 nitrogen and oxygen atoms in total. The van der Waals surface area contributed by atoms with Crippen molar-refractivity contribution in [2.24, 2.45) is 0 Å². The zero-order valence-corrected chi connectivity index (χ0v) is 8.98. The summed E-state index contributed by atoms with van der Waals surface area (Å²) in [5.74, 6) is 0. The van der Waals surface area contributed by atoms with E-state index in [2.05, 4.69) is 0 Å². The van der Waals surface area contributed by atoms with Gasteiger partial charge in [-0.2, -0.15) is 0 Å². The van der Waals surface area contributed by atoms with Gasteiger partial charge in [-0.1, -0.05) is 0 Å². The molecule has 1 aliphatic rings. The first-order valence-corrected chi connectivity index (χ1v) is 13.0. The summed E-state index contributed by atoms with van der Waals surface area (Å²) in [5, 5.41) is 0. The average Bonchev–Trinajstić information content (AvgIpc) is 1.23. The normalized spacial score (nSPS) is 18.9. The van der Waals surface area contributed by atoms with Crippen molar-refractivity contribution in [1.29, 1.82) is 0 Å². The summed E-state index contributed by atoms with van der Waals surface area (Å²) < 4.78 is 1.52. The van der Waals surface area contributed by atoms with Gasteiger partial charge < -0.3 is 0 Å². The number of rotatable bonds is 0. The van der Waals surface area contributed by atoms with Crippen molar-refractivity contribution < 1.29 is 18.6 Å². The molecule has 0 atom stereocenters. The fraction of sp³-hybridized carbons (Fsp3) is 0.750. The van der Waals surface area contributed by atoms with Crippen molar-refractivity contribution in [3.63, 3.8) is 0 Å². The Bertz CT molecular complexity index is 98.3. The van der Waals surface area contributed by atoms with Gasteiger partial charge in [-0.25, -0.2) is 0 Å². The second-order valence-electron chi connectivity index (χ2n) is 1.72. The molecule has 1 fully saturated rings. The predicted octanol–water partition coefficient (Wildman–Crippen LogP) is 2.27. The molecular formula is C4H6Cl2Hf. The van der Waals surface area contributed by atoms with Gasteiger partial charge in [0.25, 0.3) is 0 Å². The van der Waals surface area contributed by atoms with E-state index in [1.165, 1.54) is 22.5 Å². The Balaban J connectivity index is 2.52. The first-order valence-electron chi connectivity index (χ1n) is 2.34. The fourth-order valence-corrected chi connectivity index (χ4v) is 6.26. The molecule has 0 spiro atoms. The van der Waals surface area contributed by atoms with Gasteiger partial charge in [0.05, 0.1) is 0 Å². The molecule has 0 aliphatic heterocycles. The van der Waals surface area contributed by atoms with Crippen LogP contribution in [0, 0.1) is 0 Å². The molecule has 7 heavy (non-hydrogen) atoms. The summed E-state index contributed by atoms with van der Waals surface area (Å²) in [5.41, 5.74) is 0.